The number of phosphoric ester groups is 3. The number of benzene rings is 1. The van der Waals surface area contributed by atoms with Crippen LogP contribution in [0.1, 0.15) is 51.1 Å². The highest BCUT2D eigenvalue weighted by Crippen LogP contribution is 2.68. The summed E-state index contributed by atoms with van der Waals surface area (Å²) in [7, 11) is -21.3. The van der Waals surface area contributed by atoms with Gasteiger partial charge >= 0.3 is 36.9 Å². The summed E-state index contributed by atoms with van der Waals surface area (Å²) in [5.74, 6) is -0.774. The number of imidazole rings is 3. The molecule has 6 aromatic heterocycles. The SMILES string of the molecule is COC1[C@@H](OP(=O)(O)OC[C@H]2O[C@@H](n3cnc4c(=O)[nH]c(N)nc43)C(O)[C@H]2O)[C@@H](COP(=O)(O)OP(=O)(O)OP(=O)(O)OC[C@H]2O[C@@H]([n+]3cn(C)c4c(=O)[nH]c(N)nc43)C(OCOC(c3ccccc3[N+](=O)[O-])C(C)(C)C)[C@H]2O)O[C@H]1n1cnc2c(N)ncnc21. The number of hydrogen-bond acceptors (Lipinski definition) is 32. The van der Waals surface area contributed by atoms with Gasteiger partial charge < -0.3 is 80.5 Å². The number of aliphatic hydroxyl groups is 3. The molecule has 0 aliphatic carbocycles. The number of phosphoric acid groups is 4. The summed E-state index contributed by atoms with van der Waals surface area (Å²) in [4.78, 5) is 109. The zero-order valence-electron chi connectivity index (χ0n) is 47.7. The quantitative estimate of drug-likeness (QED) is 0.0107. The Kier molecular flexibility index (Phi) is 19.0. The van der Waals surface area contributed by atoms with Crippen LogP contribution in [0.25, 0.3) is 33.5 Å². The molecule has 15 N–H and O–H groups in total. The fraction of sp³-hybridized carbons (Fsp3) is 0.523. The molecule has 1 aromatic carbocycles. The van der Waals surface area contributed by atoms with E-state index in [1.165, 1.54) is 45.3 Å². The van der Waals surface area contributed by atoms with Crippen molar-refractivity contribution in [2.24, 2.45) is 12.5 Å². The summed E-state index contributed by atoms with van der Waals surface area (Å²) in [6.45, 7) is 0.989. The number of nitrogens with one attached hydrogen (secondary N) is 2. The Labute approximate surface area is 508 Å². The number of para-hydroxylation sites is 1. The summed E-state index contributed by atoms with van der Waals surface area (Å²) in [5, 5.41) is 45.6. The Morgan fingerprint density at radius 1 is 0.736 bits per heavy atom. The number of H-pyrrole nitrogens is 2. The van der Waals surface area contributed by atoms with Gasteiger partial charge in [-0.15, -0.1) is 0 Å². The summed E-state index contributed by atoms with van der Waals surface area (Å²) in [6.07, 6.45) is -16.9. The molecule has 3 aliphatic heterocycles. The molecule has 43 nitrogen and oxygen atoms in total. The number of nitrogens with zero attached hydrogens (tertiary/aromatic N) is 11. The van der Waals surface area contributed by atoms with Gasteiger partial charge in [-0.2, -0.15) is 13.6 Å². The van der Waals surface area contributed by atoms with Crippen molar-refractivity contribution in [3.63, 3.8) is 0 Å². The van der Waals surface area contributed by atoms with Crippen molar-refractivity contribution < 1.29 is 118 Å². The molecule has 91 heavy (non-hydrogen) atoms. The predicted octanol–water partition coefficient (Wildman–Crippen LogP) is -1.02. The van der Waals surface area contributed by atoms with Gasteiger partial charge in [-0.1, -0.05) is 37.9 Å². The van der Waals surface area contributed by atoms with Crippen LogP contribution in [0.5, 0.6) is 0 Å². The van der Waals surface area contributed by atoms with Gasteiger partial charge in [0, 0.05) is 13.2 Å². The Morgan fingerprint density at radius 3 is 1.99 bits per heavy atom. The molecule has 3 saturated heterocycles. The van der Waals surface area contributed by atoms with Crippen LogP contribution in [-0.4, -0.2) is 182 Å². The minimum Gasteiger partial charge on any atom is -0.387 e. The minimum absolute atomic E-state index is 0.0106. The van der Waals surface area contributed by atoms with Crippen molar-refractivity contribution in [3.8, 4) is 0 Å². The van der Waals surface area contributed by atoms with E-state index in [-0.39, 0.29) is 62.5 Å². The number of fused-ring (bicyclic) bond motifs is 3. The van der Waals surface area contributed by atoms with E-state index in [2.05, 4.69) is 48.5 Å². The van der Waals surface area contributed by atoms with Gasteiger partial charge in [0.05, 0.1) is 56.1 Å². The van der Waals surface area contributed by atoms with Crippen molar-refractivity contribution in [3.05, 3.63) is 86.0 Å². The molecule has 0 amide bonds. The van der Waals surface area contributed by atoms with Crippen LogP contribution in [0.15, 0.2) is 59.2 Å². The molecule has 17 atom stereocenters. The average Bonchev–Trinajstić information content (AvgIpc) is 1.63. The van der Waals surface area contributed by atoms with E-state index < -0.39 is 159 Å². The number of aromatic amines is 2. The lowest BCUT2D eigenvalue weighted by molar-refractivity contribution is -0.746. The number of nitro benzene ring substituents is 1. The summed E-state index contributed by atoms with van der Waals surface area (Å²) in [6, 6.07) is 5.78. The Balaban J connectivity index is 0.817. The normalized spacial score (nSPS) is 27.7. The number of aliphatic hydroxyl groups excluding tert-OH is 3. The summed E-state index contributed by atoms with van der Waals surface area (Å²) < 4.78 is 123. The molecule has 0 radical (unpaired) electrons. The third-order valence-electron chi connectivity index (χ3n) is 14.2. The largest absolute Gasteiger partial charge is 0.490 e. The second-order valence-electron chi connectivity index (χ2n) is 21.5. The fourth-order valence-corrected chi connectivity index (χ4v) is 14.8. The lowest BCUT2D eigenvalue weighted by atomic mass is 9.84. The van der Waals surface area contributed by atoms with Gasteiger partial charge in [0.2, 0.25) is 17.7 Å². The zero-order valence-corrected chi connectivity index (χ0v) is 51.3. The Morgan fingerprint density at radius 2 is 1.33 bits per heavy atom. The van der Waals surface area contributed by atoms with Crippen molar-refractivity contribution >= 4 is 88.2 Å². The second kappa shape index (κ2) is 25.7. The van der Waals surface area contributed by atoms with Gasteiger partial charge in [0.1, 0.15) is 73.6 Å². The van der Waals surface area contributed by atoms with Crippen molar-refractivity contribution in [1.82, 2.24) is 53.6 Å². The molecule has 47 heteroatoms. The topological polar surface area (TPSA) is 604 Å². The number of ether oxygens (including phenoxy) is 6. The monoisotopic (exact) mass is 1370 g/mol. The molecule has 9 heterocycles. The number of nitro groups is 1. The number of aromatic nitrogens is 12. The molecule has 3 fully saturated rings. The second-order valence-corrected chi connectivity index (χ2v) is 27.5. The number of aryl methyl sites for hydroxylation is 1. The molecule has 7 aromatic rings. The number of rotatable bonds is 25. The highest BCUT2D eigenvalue weighted by molar-refractivity contribution is 7.66. The third kappa shape index (κ3) is 14.2. The fourth-order valence-electron chi connectivity index (χ4n) is 10.3. The first-order valence-corrected chi connectivity index (χ1v) is 32.4. The summed E-state index contributed by atoms with van der Waals surface area (Å²) >= 11 is 0. The average molecular weight is 1370 g/mol. The van der Waals surface area contributed by atoms with Crippen molar-refractivity contribution in [2.75, 3.05) is 50.9 Å². The molecule has 0 spiro atoms. The molecule has 496 valence electrons. The van der Waals surface area contributed by atoms with Crippen molar-refractivity contribution in [2.45, 2.75) is 100 Å². The summed E-state index contributed by atoms with van der Waals surface area (Å²) in [5.41, 5.74) is 14.6. The molecule has 3 aliphatic rings. The van der Waals surface area contributed by atoms with E-state index in [0.29, 0.717) is 0 Å². The number of hydrogen-bond donors (Lipinski definition) is 12. The van der Waals surface area contributed by atoms with Crippen LogP contribution >= 0.6 is 31.3 Å². The molecular weight excluding hydrogens is 1310 g/mol. The lowest BCUT2D eigenvalue weighted by Gasteiger charge is -2.31. The van der Waals surface area contributed by atoms with Crippen LogP contribution in [-0.2, 0) is 80.4 Å². The van der Waals surface area contributed by atoms with Crippen LogP contribution in [0.3, 0.4) is 0 Å². The molecule has 0 saturated carbocycles. The number of nitrogens with two attached hydrogens (primary N) is 3. The van der Waals surface area contributed by atoms with Crippen LogP contribution in [0.4, 0.5) is 23.4 Å². The van der Waals surface area contributed by atoms with Crippen LogP contribution < -0.4 is 32.9 Å². The molecule has 0 bridgehead atoms. The van der Waals surface area contributed by atoms with Crippen LogP contribution in [0, 0.1) is 15.5 Å². The molecule has 10 rings (SSSR count). The number of anilines is 3. The zero-order chi connectivity index (χ0) is 66.0. The lowest BCUT2D eigenvalue weighted by Crippen LogP contribution is -2.47. The third-order valence-corrected chi connectivity index (χ3v) is 19.5. The van der Waals surface area contributed by atoms with Crippen molar-refractivity contribution in [1.29, 1.82) is 0 Å². The standard InChI is InChI=1S/C44H58N16O27P4/c1-44(2,3)32(18-8-6-7-9-19(18)60(66)67)78-17-77-30-27(62)21(83-40(30)59-16-56(4)25-36(59)53-43(47)55-38(25)65)11-80-89(70,71)86-91(74,75)87-90(72,73)81-12-22-29(31(76-5)41(84-22)57-14-50-23-33(45)48-13-49-34(23)57)85-88(68,69)79-10-20-26(61)28(63)39(82-20)58-15-51-24-35(58)52-42(46)54-37(24)64/h6-9,13-16,20-22,26-32,39-41,61-63H,10-12,17H2,1-5H3,(H11-,45,46,47,48,49,52,53,54,55,64,65,68,69,70,71,72,73,74,75)/p+1/t20-,21-,22-,26+,27+,28?,29+,30?,31?,32?,39-,40-,41-/m1/s1. The smallest absolute Gasteiger partial charge is 0.387 e. The molecule has 8 unspecified atom stereocenters. The van der Waals surface area contributed by atoms with E-state index in [9.17, 15) is 72.9 Å². The van der Waals surface area contributed by atoms with Gasteiger partial charge in [0.25, 0.3) is 22.8 Å². The van der Waals surface area contributed by atoms with Gasteiger partial charge in [-0.3, -0.25) is 61.5 Å². The van der Waals surface area contributed by atoms with E-state index in [4.69, 9.17) is 63.7 Å². The highest BCUT2D eigenvalue weighted by Gasteiger charge is 2.54. The maximum absolute atomic E-state index is 13.8. The van der Waals surface area contributed by atoms with Gasteiger partial charge in [0.15, 0.2) is 41.4 Å². The van der Waals surface area contributed by atoms with E-state index in [1.54, 1.807) is 26.8 Å². The van der Waals surface area contributed by atoms with Gasteiger partial charge in [-0.25, -0.2) is 42.8 Å². The maximum atomic E-state index is 13.8. The first-order chi connectivity index (χ1) is 42.7. The Hall–Kier alpha value is -6.57. The first kappa shape index (κ1) is 67.3. The molecular formula is C44H59N16O27P4+. The predicted molar refractivity (Wildman–Crippen MR) is 299 cm³/mol. The number of methoxy groups -OCH3 is 1. The van der Waals surface area contributed by atoms with Gasteiger partial charge in [-0.05, 0) is 11.5 Å². The van der Waals surface area contributed by atoms with E-state index >= 15 is 0 Å². The van der Waals surface area contributed by atoms with Crippen LogP contribution in [0.2, 0.25) is 0 Å². The Bertz CT molecular complexity index is 4200. The van der Waals surface area contributed by atoms with E-state index in [0.717, 1.165) is 30.7 Å². The highest BCUT2D eigenvalue weighted by atomic mass is 31.3. The first-order valence-electron chi connectivity index (χ1n) is 26.4. The number of nitrogen functional groups attached to an aromatic ring is 3. The van der Waals surface area contributed by atoms with E-state index in [1.807, 2.05) is 0 Å². The minimum atomic E-state index is -6.31. The maximum Gasteiger partial charge on any atom is 0.490 e.